The molecule has 5 heterocycles. The second kappa shape index (κ2) is 14.8. The first kappa shape index (κ1) is 37.5. The smallest absolute Gasteiger partial charge is 0.338 e. The molecule has 0 aromatic carbocycles. The number of aliphatic carboxylic acids is 3. The highest BCUT2D eigenvalue weighted by atomic mass is 16.4. The Kier molecular flexibility index (Phi) is 10.7. The molecule has 52 heavy (non-hydrogen) atoms. The third-order valence-corrected chi connectivity index (χ3v) is 10.3. The number of carboxylic acid groups (broad SMARTS) is 4. The summed E-state index contributed by atoms with van der Waals surface area (Å²) in [6.45, 7) is 13.6. The summed E-state index contributed by atoms with van der Waals surface area (Å²) in [6.07, 6.45) is 6.70. The first-order valence-electron chi connectivity index (χ1n) is 17.1. The average Bonchev–Trinajstić information content (AvgIpc) is 3.74. The van der Waals surface area contributed by atoms with Crippen LogP contribution in [0.5, 0.6) is 0 Å². The van der Waals surface area contributed by atoms with Crippen LogP contribution in [0.4, 0.5) is 0 Å². The Balaban J connectivity index is 1.76. The number of aliphatic imine (C=N–C) groups is 2. The van der Waals surface area contributed by atoms with Crippen molar-refractivity contribution >= 4 is 52.9 Å². The molecule has 5 rings (SSSR count). The quantitative estimate of drug-likeness (QED) is 0.157. The number of nitrogens with zero attached hydrogens (tertiary/aromatic N) is 2. The van der Waals surface area contributed by atoms with E-state index >= 15 is 0 Å². The number of hydrogen-bond donors (Lipinski definition) is 7. The summed E-state index contributed by atoms with van der Waals surface area (Å²) in [5.41, 5.74) is 6.47. The van der Waals surface area contributed by atoms with E-state index in [9.17, 15) is 39.3 Å². The fraction of sp³-hybridized carbons (Fsp3) is 0.395. The second-order valence-electron chi connectivity index (χ2n) is 13.5. The van der Waals surface area contributed by atoms with Crippen LogP contribution in [-0.4, -0.2) is 78.7 Å². The third-order valence-electron chi connectivity index (χ3n) is 10.3. The lowest BCUT2D eigenvalue weighted by Crippen LogP contribution is -2.42. The van der Waals surface area contributed by atoms with Crippen molar-refractivity contribution in [1.29, 1.82) is 0 Å². The predicted molar refractivity (Wildman–Crippen MR) is 193 cm³/mol. The first-order valence-corrected chi connectivity index (χ1v) is 17.1. The van der Waals surface area contributed by atoms with Crippen LogP contribution in [0.25, 0.3) is 11.6 Å². The lowest BCUT2D eigenvalue weighted by atomic mass is 9.82. The van der Waals surface area contributed by atoms with Crippen LogP contribution in [0.1, 0.15) is 75.7 Å². The summed E-state index contributed by atoms with van der Waals surface area (Å²) in [5, 5.41) is 45.6. The lowest BCUT2D eigenvalue weighted by Gasteiger charge is -2.20. The molecule has 14 nitrogen and oxygen atoms in total. The maximum Gasteiger partial charge on any atom is 0.338 e. The molecule has 0 aliphatic carbocycles. The molecule has 14 heteroatoms. The molecule has 0 radical (unpaired) electrons. The number of allylic oxidation sites excluding steroid dienone is 4. The summed E-state index contributed by atoms with van der Waals surface area (Å²) < 4.78 is 0. The van der Waals surface area contributed by atoms with E-state index in [0.717, 1.165) is 28.1 Å². The van der Waals surface area contributed by atoms with Crippen LogP contribution in [-0.2, 0) is 19.2 Å². The first-order chi connectivity index (χ1) is 24.6. The van der Waals surface area contributed by atoms with Crippen molar-refractivity contribution in [3.63, 3.8) is 0 Å². The van der Waals surface area contributed by atoms with Gasteiger partial charge in [-0.1, -0.05) is 19.9 Å². The minimum atomic E-state index is -1.64. The number of carbonyl (C=O) groups is 5. The van der Waals surface area contributed by atoms with E-state index in [1.165, 1.54) is 0 Å². The molecule has 5 atom stereocenters. The van der Waals surface area contributed by atoms with Crippen LogP contribution >= 0.6 is 0 Å². The minimum absolute atomic E-state index is 0.0724. The fourth-order valence-electron chi connectivity index (χ4n) is 7.51. The van der Waals surface area contributed by atoms with Crippen molar-refractivity contribution in [2.45, 2.75) is 78.8 Å². The molecule has 0 saturated carbocycles. The molecule has 4 aliphatic rings. The van der Waals surface area contributed by atoms with Crippen molar-refractivity contribution in [3.8, 4) is 0 Å². The van der Waals surface area contributed by atoms with Crippen LogP contribution in [0, 0.1) is 24.7 Å². The Morgan fingerprint density at radius 1 is 1.02 bits per heavy atom. The number of carboxylic acids is 4. The summed E-state index contributed by atoms with van der Waals surface area (Å²) in [6, 6.07) is -1.83. The Morgan fingerprint density at radius 3 is 2.33 bits per heavy atom. The zero-order valence-electron chi connectivity index (χ0n) is 29.7. The van der Waals surface area contributed by atoms with Gasteiger partial charge in [0.15, 0.2) is 0 Å². The number of amides is 1. The molecule has 4 unspecified atom stereocenters. The number of aromatic nitrogens is 1. The predicted octanol–water partition coefficient (Wildman–Crippen LogP) is 2.97. The van der Waals surface area contributed by atoms with Crippen molar-refractivity contribution in [3.05, 3.63) is 80.4 Å². The van der Waals surface area contributed by atoms with Gasteiger partial charge < -0.3 is 36.0 Å². The van der Waals surface area contributed by atoms with Gasteiger partial charge in [0, 0.05) is 46.5 Å². The number of fused-ring (bicyclic) bond motifs is 6. The number of rotatable bonds is 12. The Hall–Kier alpha value is -5.79. The van der Waals surface area contributed by atoms with Crippen LogP contribution < -0.4 is 21.3 Å². The molecular formula is C38H43N5O9. The van der Waals surface area contributed by atoms with Gasteiger partial charge in [0.25, 0.3) is 0 Å². The SMILES string of the molecule is C=CC1C(C)=C2/C=C3N=C(/C(CC(=O)O)=c4\[nH]/c(c(C)c4C(=O)O)=C\C4=NC(=C\C1N2)/C(C)=C4CC)[C@H](CCC(=O)NC(CC(=O)O)C(=O)O)C\3C. The zero-order valence-corrected chi connectivity index (χ0v) is 29.7. The van der Waals surface area contributed by atoms with Crippen LogP contribution in [0.3, 0.4) is 0 Å². The van der Waals surface area contributed by atoms with Crippen molar-refractivity contribution in [1.82, 2.24) is 15.6 Å². The highest BCUT2D eigenvalue weighted by Crippen LogP contribution is 2.40. The molecule has 0 spiro atoms. The van der Waals surface area contributed by atoms with Gasteiger partial charge in [-0.2, -0.15) is 0 Å². The molecule has 1 aromatic heterocycles. The number of nitrogens with one attached hydrogen (secondary N) is 3. The van der Waals surface area contributed by atoms with Crippen molar-refractivity contribution in [2.75, 3.05) is 0 Å². The van der Waals surface area contributed by atoms with Gasteiger partial charge >= 0.3 is 23.9 Å². The minimum Gasteiger partial charge on any atom is -0.481 e. The van der Waals surface area contributed by atoms with Gasteiger partial charge in [-0.05, 0) is 74.1 Å². The topological polar surface area (TPSA) is 231 Å². The maximum absolute atomic E-state index is 13.0. The summed E-state index contributed by atoms with van der Waals surface area (Å²) in [4.78, 5) is 74.3. The molecule has 0 saturated heterocycles. The molecule has 1 amide bonds. The summed E-state index contributed by atoms with van der Waals surface area (Å²) in [5.74, 6) is -7.17. The zero-order chi connectivity index (χ0) is 38.2. The van der Waals surface area contributed by atoms with E-state index in [4.69, 9.17) is 15.1 Å². The second-order valence-corrected chi connectivity index (χ2v) is 13.5. The van der Waals surface area contributed by atoms with E-state index in [-0.39, 0.29) is 47.0 Å². The van der Waals surface area contributed by atoms with Gasteiger partial charge in [-0.25, -0.2) is 14.6 Å². The van der Waals surface area contributed by atoms with E-state index in [0.29, 0.717) is 28.7 Å². The number of aromatic amines is 1. The lowest BCUT2D eigenvalue weighted by molar-refractivity contribution is -0.147. The number of carbonyl (C=O) groups excluding carboxylic acids is 1. The van der Waals surface area contributed by atoms with Crippen LogP contribution in [0.15, 0.2) is 68.6 Å². The Morgan fingerprint density at radius 2 is 1.73 bits per heavy atom. The summed E-state index contributed by atoms with van der Waals surface area (Å²) >= 11 is 0. The summed E-state index contributed by atoms with van der Waals surface area (Å²) in [7, 11) is 0. The molecule has 0 fully saturated rings. The van der Waals surface area contributed by atoms with E-state index in [1.807, 2.05) is 39.8 Å². The van der Waals surface area contributed by atoms with Crippen molar-refractivity contribution in [2.24, 2.45) is 27.7 Å². The van der Waals surface area contributed by atoms with Gasteiger partial charge in [0.1, 0.15) is 6.04 Å². The molecule has 1 aromatic rings. The molecule has 4 aliphatic heterocycles. The van der Waals surface area contributed by atoms with E-state index in [2.05, 4.69) is 28.3 Å². The standard InChI is InChI=1S/C38H43N5O9/c1-7-20-16(3)24-12-26-18(5)22(9-10-31(44)41-30(37(49)50)15-33(47)48)35(42-26)23(11-32(45)46)36-34(38(51)52)19(6)27(43-36)14-29-21(8-2)17(4)25(40-29)13-28(20)39-24/h7,12-14,18,20,22,28,30,39,43H,1,8-11,15H2,2-6H3,(H,41,44)(H,45,46)(H,47,48)(H,49,50)(H,51,52)/b25-13-,26-12-,27-14-,36-23-/t18?,20?,22-,28?,30?/m1/s1. The normalized spacial score (nSPS) is 26.5. The number of hydrogen-bond acceptors (Lipinski definition) is 8. The van der Waals surface area contributed by atoms with Crippen LogP contribution in [0.2, 0.25) is 0 Å². The van der Waals surface area contributed by atoms with Gasteiger partial charge in [0.2, 0.25) is 5.91 Å². The molecule has 8 bridgehead atoms. The highest BCUT2D eigenvalue weighted by Gasteiger charge is 2.38. The Bertz CT molecular complexity index is 2110. The molecule has 7 N–H and O–H groups in total. The average molecular weight is 714 g/mol. The van der Waals surface area contributed by atoms with E-state index in [1.54, 1.807) is 13.0 Å². The fourth-order valence-corrected chi connectivity index (χ4v) is 7.51. The Labute approximate surface area is 299 Å². The molecule has 274 valence electrons. The number of H-pyrrole nitrogens is 1. The van der Waals surface area contributed by atoms with E-state index < -0.39 is 60.5 Å². The van der Waals surface area contributed by atoms with Gasteiger partial charge in [0.05, 0.1) is 46.9 Å². The van der Waals surface area contributed by atoms with Crippen molar-refractivity contribution < 1.29 is 44.4 Å². The van der Waals surface area contributed by atoms with Gasteiger partial charge in [-0.3, -0.25) is 19.4 Å². The molecular weight excluding hydrogens is 670 g/mol. The van der Waals surface area contributed by atoms with Gasteiger partial charge in [-0.15, -0.1) is 6.58 Å². The number of aromatic carboxylic acids is 1. The maximum atomic E-state index is 13.0. The monoisotopic (exact) mass is 713 g/mol. The largest absolute Gasteiger partial charge is 0.481 e. The third kappa shape index (κ3) is 7.18. The highest BCUT2D eigenvalue weighted by molar-refractivity contribution is 6.25.